The van der Waals surface area contributed by atoms with Crippen LogP contribution in [-0.4, -0.2) is 0 Å². The van der Waals surface area contributed by atoms with Gasteiger partial charge in [-0.2, -0.15) is 0 Å². The predicted octanol–water partition coefficient (Wildman–Crippen LogP) is 2.26. The van der Waals surface area contributed by atoms with Gasteiger partial charge in [-0.25, -0.2) is 10.3 Å². The molecule has 2 N–H and O–H groups in total. The molecule has 1 aromatic carbocycles. The fraction of sp³-hybridized carbons (Fsp3) is 0.400. The van der Waals surface area contributed by atoms with Gasteiger partial charge in [0, 0.05) is 5.56 Å². The van der Waals surface area contributed by atoms with Gasteiger partial charge in [-0.15, -0.1) is 0 Å². The normalized spacial score (nSPS) is 11.8. The van der Waals surface area contributed by atoms with Crippen molar-refractivity contribution in [3.05, 3.63) is 35.1 Å². The van der Waals surface area contributed by atoms with Gasteiger partial charge >= 0.3 is 0 Å². The third kappa shape index (κ3) is 1.87. The lowest BCUT2D eigenvalue weighted by Crippen LogP contribution is -2.27. The molecule has 0 unspecified atom stereocenters. The van der Waals surface area contributed by atoms with E-state index in [9.17, 15) is 4.39 Å². The van der Waals surface area contributed by atoms with Gasteiger partial charge in [0.25, 0.3) is 0 Å². The second kappa shape index (κ2) is 3.44. The zero-order chi connectivity index (χ0) is 10.1. The zero-order valence-electron chi connectivity index (χ0n) is 8.10. The Morgan fingerprint density at radius 3 is 2.46 bits per heavy atom. The summed E-state index contributed by atoms with van der Waals surface area (Å²) in [5, 5.41) is 0. The molecule has 0 amide bonds. The lowest BCUT2D eigenvalue weighted by atomic mass is 9.93. The van der Waals surface area contributed by atoms with Gasteiger partial charge in [0.2, 0.25) is 0 Å². The summed E-state index contributed by atoms with van der Waals surface area (Å²) in [6, 6.07) is 4.91. The van der Waals surface area contributed by atoms with E-state index in [1.54, 1.807) is 19.9 Å². The molecular weight excluding hydrogens is 169 g/mol. The highest BCUT2D eigenvalue weighted by atomic mass is 19.1. The number of rotatable bonds is 2. The van der Waals surface area contributed by atoms with Crippen molar-refractivity contribution < 1.29 is 9.23 Å². The standard InChI is InChI=1S/C10H14FNO/c1-7-5-4-6-8(11)9(7)10(2,3)13-12/h4-6H,12H2,1-3H3. The Hall–Kier alpha value is -0.930. The molecule has 72 valence electrons. The van der Waals surface area contributed by atoms with E-state index in [-0.39, 0.29) is 5.82 Å². The Morgan fingerprint density at radius 2 is 2.00 bits per heavy atom. The summed E-state index contributed by atoms with van der Waals surface area (Å²) in [5.41, 5.74) is 0.572. The quantitative estimate of drug-likeness (QED) is 0.714. The van der Waals surface area contributed by atoms with Gasteiger partial charge in [-0.1, -0.05) is 12.1 Å². The molecule has 3 heteroatoms. The Balaban J connectivity index is 3.28. The minimum atomic E-state index is -0.782. The van der Waals surface area contributed by atoms with Gasteiger partial charge in [-0.3, -0.25) is 4.84 Å². The summed E-state index contributed by atoms with van der Waals surface area (Å²) in [6.45, 7) is 5.30. The summed E-state index contributed by atoms with van der Waals surface area (Å²) in [4.78, 5) is 4.75. The maximum Gasteiger partial charge on any atom is 0.129 e. The van der Waals surface area contributed by atoms with E-state index in [1.807, 2.05) is 13.0 Å². The van der Waals surface area contributed by atoms with Crippen LogP contribution in [0.5, 0.6) is 0 Å². The summed E-state index contributed by atoms with van der Waals surface area (Å²) < 4.78 is 13.4. The lowest BCUT2D eigenvalue weighted by molar-refractivity contribution is -0.0265. The van der Waals surface area contributed by atoms with Crippen molar-refractivity contribution in [3.63, 3.8) is 0 Å². The van der Waals surface area contributed by atoms with E-state index < -0.39 is 5.60 Å². The molecule has 1 aromatic rings. The number of nitrogens with two attached hydrogens (primary N) is 1. The summed E-state index contributed by atoms with van der Waals surface area (Å²) in [6.07, 6.45) is 0. The second-order valence-electron chi connectivity index (χ2n) is 3.56. The molecule has 0 heterocycles. The summed E-state index contributed by atoms with van der Waals surface area (Å²) >= 11 is 0. The first-order chi connectivity index (χ1) is 5.99. The molecule has 0 bridgehead atoms. The molecular formula is C10H14FNO. The fourth-order valence-corrected chi connectivity index (χ4v) is 1.45. The highest BCUT2D eigenvalue weighted by molar-refractivity contribution is 5.31. The van der Waals surface area contributed by atoms with E-state index in [2.05, 4.69) is 0 Å². The number of halogens is 1. The topological polar surface area (TPSA) is 35.2 Å². The third-order valence-corrected chi connectivity index (χ3v) is 2.12. The second-order valence-corrected chi connectivity index (χ2v) is 3.56. The largest absolute Gasteiger partial charge is 0.294 e. The monoisotopic (exact) mass is 183 g/mol. The molecule has 0 saturated carbocycles. The van der Waals surface area contributed by atoms with Gasteiger partial charge in [0.1, 0.15) is 11.4 Å². The highest BCUT2D eigenvalue weighted by Crippen LogP contribution is 2.28. The van der Waals surface area contributed by atoms with E-state index in [0.29, 0.717) is 5.56 Å². The van der Waals surface area contributed by atoms with E-state index >= 15 is 0 Å². The molecule has 0 aliphatic carbocycles. The fourth-order valence-electron chi connectivity index (χ4n) is 1.45. The molecule has 2 nitrogen and oxygen atoms in total. The smallest absolute Gasteiger partial charge is 0.129 e. The van der Waals surface area contributed by atoms with Crippen molar-refractivity contribution in [2.45, 2.75) is 26.4 Å². The number of hydrogen-bond acceptors (Lipinski definition) is 2. The Kier molecular flexibility index (Phi) is 2.68. The molecule has 0 atom stereocenters. The molecule has 0 saturated heterocycles. The lowest BCUT2D eigenvalue weighted by Gasteiger charge is -2.24. The molecule has 0 aliphatic rings. The van der Waals surface area contributed by atoms with Gasteiger partial charge in [-0.05, 0) is 32.4 Å². The average Bonchev–Trinajstić information content (AvgIpc) is 2.03. The average molecular weight is 183 g/mol. The van der Waals surface area contributed by atoms with E-state index in [4.69, 9.17) is 10.7 Å². The highest BCUT2D eigenvalue weighted by Gasteiger charge is 2.25. The zero-order valence-corrected chi connectivity index (χ0v) is 8.10. The Labute approximate surface area is 77.5 Å². The summed E-state index contributed by atoms with van der Waals surface area (Å²) in [7, 11) is 0. The molecule has 0 radical (unpaired) electrons. The van der Waals surface area contributed by atoms with Gasteiger partial charge < -0.3 is 0 Å². The Morgan fingerprint density at radius 1 is 1.38 bits per heavy atom. The van der Waals surface area contributed by atoms with Crippen LogP contribution in [-0.2, 0) is 10.4 Å². The van der Waals surface area contributed by atoms with Crippen LogP contribution in [0.25, 0.3) is 0 Å². The minimum Gasteiger partial charge on any atom is -0.294 e. The Bertz CT molecular complexity index is 290. The van der Waals surface area contributed by atoms with Crippen LogP contribution in [0.1, 0.15) is 25.0 Å². The molecule has 0 spiro atoms. The van der Waals surface area contributed by atoms with Crippen molar-refractivity contribution in [2.75, 3.05) is 0 Å². The van der Waals surface area contributed by atoms with Crippen molar-refractivity contribution in [1.29, 1.82) is 0 Å². The molecule has 1 rings (SSSR count). The minimum absolute atomic E-state index is 0.282. The number of hydrogen-bond donors (Lipinski definition) is 1. The van der Waals surface area contributed by atoms with Gasteiger partial charge in [0.15, 0.2) is 0 Å². The predicted molar refractivity (Wildman–Crippen MR) is 49.4 cm³/mol. The third-order valence-electron chi connectivity index (χ3n) is 2.12. The van der Waals surface area contributed by atoms with Crippen LogP contribution in [0, 0.1) is 12.7 Å². The SMILES string of the molecule is Cc1cccc(F)c1C(C)(C)ON. The van der Waals surface area contributed by atoms with Crippen LogP contribution >= 0.6 is 0 Å². The van der Waals surface area contributed by atoms with E-state index in [1.165, 1.54) is 6.07 Å². The van der Waals surface area contributed by atoms with Crippen LogP contribution in [0.4, 0.5) is 4.39 Å². The van der Waals surface area contributed by atoms with Crippen LogP contribution in [0.3, 0.4) is 0 Å². The molecule has 0 fully saturated rings. The first-order valence-corrected chi connectivity index (χ1v) is 4.12. The number of aryl methyl sites for hydroxylation is 1. The van der Waals surface area contributed by atoms with Crippen molar-refractivity contribution in [3.8, 4) is 0 Å². The van der Waals surface area contributed by atoms with Crippen LogP contribution in [0.2, 0.25) is 0 Å². The van der Waals surface area contributed by atoms with Crippen LogP contribution in [0.15, 0.2) is 18.2 Å². The summed E-state index contributed by atoms with van der Waals surface area (Å²) in [5.74, 6) is 4.83. The maximum absolute atomic E-state index is 13.4. The van der Waals surface area contributed by atoms with E-state index in [0.717, 1.165) is 5.56 Å². The first-order valence-electron chi connectivity index (χ1n) is 4.12. The number of benzene rings is 1. The maximum atomic E-state index is 13.4. The first kappa shape index (κ1) is 10.2. The molecule has 0 aliphatic heterocycles. The van der Waals surface area contributed by atoms with Crippen molar-refractivity contribution >= 4 is 0 Å². The van der Waals surface area contributed by atoms with Crippen molar-refractivity contribution in [2.24, 2.45) is 5.90 Å². The van der Waals surface area contributed by atoms with Gasteiger partial charge in [0.05, 0.1) is 0 Å². The van der Waals surface area contributed by atoms with Crippen molar-refractivity contribution in [1.82, 2.24) is 0 Å². The molecule has 0 aromatic heterocycles. The molecule has 13 heavy (non-hydrogen) atoms. The van der Waals surface area contributed by atoms with Crippen LogP contribution < -0.4 is 5.90 Å².